The van der Waals surface area contributed by atoms with E-state index in [1.54, 1.807) is 13.0 Å². The van der Waals surface area contributed by atoms with Crippen LogP contribution in [0.5, 0.6) is 0 Å². The van der Waals surface area contributed by atoms with Crippen molar-refractivity contribution >= 4 is 6.29 Å². The van der Waals surface area contributed by atoms with Crippen molar-refractivity contribution < 1.29 is 4.79 Å². The zero-order valence-electron chi connectivity index (χ0n) is 6.55. The SMILES string of the molecule is CC#CC#CCC/C=C/C=O. The topological polar surface area (TPSA) is 17.1 Å². The Labute approximate surface area is 67.5 Å². The minimum atomic E-state index is 0.763. The molecular formula is C10H10O. The lowest BCUT2D eigenvalue weighted by Gasteiger charge is -1.77. The van der Waals surface area contributed by atoms with Crippen LogP contribution in [0.4, 0.5) is 0 Å². The van der Waals surface area contributed by atoms with Gasteiger partial charge in [0, 0.05) is 6.42 Å². The number of rotatable bonds is 3. The van der Waals surface area contributed by atoms with Crippen LogP contribution in [0.25, 0.3) is 0 Å². The maximum Gasteiger partial charge on any atom is 0.142 e. The summed E-state index contributed by atoms with van der Waals surface area (Å²) in [5, 5.41) is 0. The predicted molar refractivity (Wildman–Crippen MR) is 45.7 cm³/mol. The lowest BCUT2D eigenvalue weighted by atomic mass is 10.3. The Morgan fingerprint density at radius 3 is 2.82 bits per heavy atom. The highest BCUT2D eigenvalue weighted by Gasteiger charge is 1.72. The van der Waals surface area contributed by atoms with Gasteiger partial charge in [0.25, 0.3) is 0 Å². The molecular weight excluding hydrogens is 136 g/mol. The fourth-order valence-electron chi connectivity index (χ4n) is 0.476. The summed E-state index contributed by atoms with van der Waals surface area (Å²) < 4.78 is 0. The normalized spacial score (nSPS) is 7.73. The molecule has 0 amide bonds. The van der Waals surface area contributed by atoms with Crippen LogP contribution in [0.1, 0.15) is 19.8 Å². The summed E-state index contributed by atoms with van der Waals surface area (Å²) in [6.45, 7) is 1.75. The molecule has 0 bridgehead atoms. The highest BCUT2D eigenvalue weighted by Crippen LogP contribution is 1.86. The molecule has 0 fully saturated rings. The van der Waals surface area contributed by atoms with Gasteiger partial charge in [-0.05, 0) is 31.3 Å². The average Bonchev–Trinajstić information content (AvgIpc) is 2.03. The summed E-state index contributed by atoms with van der Waals surface area (Å²) in [7, 11) is 0. The average molecular weight is 146 g/mol. The maximum atomic E-state index is 9.79. The van der Waals surface area contributed by atoms with Crippen LogP contribution in [-0.4, -0.2) is 6.29 Å². The van der Waals surface area contributed by atoms with Gasteiger partial charge in [0.05, 0.1) is 0 Å². The predicted octanol–water partition coefficient (Wildman–Crippen LogP) is 1.55. The molecule has 11 heavy (non-hydrogen) atoms. The van der Waals surface area contributed by atoms with E-state index in [1.807, 2.05) is 0 Å². The molecule has 0 N–H and O–H groups in total. The molecule has 56 valence electrons. The number of carbonyl (C=O) groups excluding carboxylic acids is 1. The molecule has 0 aliphatic carbocycles. The minimum absolute atomic E-state index is 0.763. The third kappa shape index (κ3) is 8.53. The Bertz CT molecular complexity index is 240. The second-order valence-electron chi connectivity index (χ2n) is 1.78. The van der Waals surface area contributed by atoms with Gasteiger partial charge < -0.3 is 0 Å². The van der Waals surface area contributed by atoms with Gasteiger partial charge in [0.1, 0.15) is 6.29 Å². The molecule has 0 aromatic rings. The van der Waals surface area contributed by atoms with Gasteiger partial charge in [-0.25, -0.2) is 0 Å². The molecule has 0 aliphatic heterocycles. The van der Waals surface area contributed by atoms with Crippen LogP contribution in [0.15, 0.2) is 12.2 Å². The monoisotopic (exact) mass is 146 g/mol. The van der Waals surface area contributed by atoms with Crippen molar-refractivity contribution in [1.29, 1.82) is 0 Å². The Morgan fingerprint density at radius 2 is 2.18 bits per heavy atom. The van der Waals surface area contributed by atoms with Crippen molar-refractivity contribution in [1.82, 2.24) is 0 Å². The highest BCUT2D eigenvalue weighted by atomic mass is 16.1. The van der Waals surface area contributed by atoms with Crippen molar-refractivity contribution in [2.24, 2.45) is 0 Å². The molecule has 0 radical (unpaired) electrons. The first-order chi connectivity index (χ1) is 5.41. The summed E-state index contributed by atoms with van der Waals surface area (Å²) in [6, 6.07) is 0. The van der Waals surface area contributed by atoms with E-state index >= 15 is 0 Å². The van der Waals surface area contributed by atoms with Gasteiger partial charge >= 0.3 is 0 Å². The third-order valence-corrected chi connectivity index (χ3v) is 0.927. The van der Waals surface area contributed by atoms with Crippen molar-refractivity contribution in [2.75, 3.05) is 0 Å². The second-order valence-corrected chi connectivity index (χ2v) is 1.78. The van der Waals surface area contributed by atoms with Crippen molar-refractivity contribution in [2.45, 2.75) is 19.8 Å². The van der Waals surface area contributed by atoms with E-state index in [2.05, 4.69) is 23.7 Å². The summed E-state index contributed by atoms with van der Waals surface area (Å²) in [5.74, 6) is 10.8. The molecule has 0 atom stereocenters. The summed E-state index contributed by atoms with van der Waals surface area (Å²) >= 11 is 0. The Kier molecular flexibility index (Phi) is 7.39. The molecule has 0 rings (SSSR count). The number of carbonyl (C=O) groups is 1. The van der Waals surface area contributed by atoms with Gasteiger partial charge in [0.2, 0.25) is 0 Å². The van der Waals surface area contributed by atoms with Crippen LogP contribution in [0.3, 0.4) is 0 Å². The summed E-state index contributed by atoms with van der Waals surface area (Å²) in [6.07, 6.45) is 5.61. The number of allylic oxidation sites excluding steroid dienone is 2. The van der Waals surface area contributed by atoms with Crippen molar-refractivity contribution in [3.63, 3.8) is 0 Å². The summed E-state index contributed by atoms with van der Waals surface area (Å²) in [5.41, 5.74) is 0. The van der Waals surface area contributed by atoms with E-state index in [0.29, 0.717) is 0 Å². The van der Waals surface area contributed by atoms with Crippen LogP contribution in [-0.2, 0) is 4.79 Å². The quantitative estimate of drug-likeness (QED) is 0.255. The molecule has 0 saturated carbocycles. The van der Waals surface area contributed by atoms with E-state index in [0.717, 1.165) is 19.1 Å². The first-order valence-corrected chi connectivity index (χ1v) is 3.41. The molecule has 0 unspecified atom stereocenters. The molecule has 0 saturated heterocycles. The number of hydrogen-bond acceptors (Lipinski definition) is 1. The number of aldehydes is 1. The fraction of sp³-hybridized carbons (Fsp3) is 0.300. The smallest absolute Gasteiger partial charge is 0.142 e. The van der Waals surface area contributed by atoms with Gasteiger partial charge in [0.15, 0.2) is 0 Å². The standard InChI is InChI=1S/C10H10O/c1-2-3-4-5-6-7-8-9-10-11/h8-10H,6-7H2,1H3/b9-8+. The van der Waals surface area contributed by atoms with E-state index in [-0.39, 0.29) is 0 Å². The molecule has 0 spiro atoms. The zero-order chi connectivity index (χ0) is 8.36. The Morgan fingerprint density at radius 1 is 1.36 bits per heavy atom. The Hall–Kier alpha value is -1.47. The van der Waals surface area contributed by atoms with Crippen LogP contribution >= 0.6 is 0 Å². The van der Waals surface area contributed by atoms with Crippen LogP contribution in [0, 0.1) is 23.7 Å². The second kappa shape index (κ2) is 8.53. The van der Waals surface area contributed by atoms with Crippen LogP contribution in [0.2, 0.25) is 0 Å². The number of unbranched alkanes of at least 4 members (excludes halogenated alkanes) is 1. The molecule has 0 aliphatic rings. The van der Waals surface area contributed by atoms with Gasteiger partial charge in [-0.1, -0.05) is 17.9 Å². The highest BCUT2D eigenvalue weighted by molar-refractivity contribution is 5.64. The van der Waals surface area contributed by atoms with E-state index < -0.39 is 0 Å². The molecule has 0 heterocycles. The van der Waals surface area contributed by atoms with Gasteiger partial charge in [-0.2, -0.15) is 0 Å². The fourth-order valence-corrected chi connectivity index (χ4v) is 0.476. The van der Waals surface area contributed by atoms with Crippen LogP contribution < -0.4 is 0 Å². The maximum absolute atomic E-state index is 9.79. The molecule has 1 nitrogen and oxygen atoms in total. The van der Waals surface area contributed by atoms with Gasteiger partial charge in [-0.15, -0.1) is 0 Å². The van der Waals surface area contributed by atoms with E-state index in [9.17, 15) is 4.79 Å². The first-order valence-electron chi connectivity index (χ1n) is 3.41. The summed E-state index contributed by atoms with van der Waals surface area (Å²) in [4.78, 5) is 9.79. The molecule has 0 aromatic heterocycles. The minimum Gasteiger partial charge on any atom is -0.299 e. The lowest BCUT2D eigenvalue weighted by Crippen LogP contribution is -1.65. The zero-order valence-corrected chi connectivity index (χ0v) is 6.55. The lowest BCUT2D eigenvalue weighted by molar-refractivity contribution is -0.104. The van der Waals surface area contributed by atoms with Crippen molar-refractivity contribution in [3.8, 4) is 23.7 Å². The first kappa shape index (κ1) is 9.53. The van der Waals surface area contributed by atoms with E-state index in [4.69, 9.17) is 0 Å². The number of hydrogen-bond donors (Lipinski definition) is 0. The largest absolute Gasteiger partial charge is 0.299 e. The molecule has 1 heteroatoms. The Balaban J connectivity index is 3.41. The van der Waals surface area contributed by atoms with E-state index in [1.165, 1.54) is 6.08 Å². The van der Waals surface area contributed by atoms with Crippen molar-refractivity contribution in [3.05, 3.63) is 12.2 Å². The van der Waals surface area contributed by atoms with Gasteiger partial charge in [-0.3, -0.25) is 4.79 Å². The molecule has 0 aromatic carbocycles. The third-order valence-electron chi connectivity index (χ3n) is 0.927.